The van der Waals surface area contributed by atoms with Crippen molar-refractivity contribution >= 4 is 36.2 Å². The van der Waals surface area contributed by atoms with Gasteiger partial charge in [-0.05, 0) is 30.5 Å². The van der Waals surface area contributed by atoms with Crippen LogP contribution in [0, 0.1) is 11.3 Å². The fourth-order valence-electron chi connectivity index (χ4n) is 2.70. The Balaban J connectivity index is 0.00000162. The standard InChI is InChI=1S/C14H19N3.2ClH/c1-17(2)13-6-5-11(9-12(13)16)14(10-15)7-3-4-8-14;;/h5-6,9H,3-4,7-8,16H2,1-2H3;2*1H. The number of nitrogen functional groups attached to an aromatic ring is 1. The van der Waals surface area contributed by atoms with E-state index < -0.39 is 0 Å². The lowest BCUT2D eigenvalue weighted by Gasteiger charge is -2.23. The molecule has 1 aromatic carbocycles. The summed E-state index contributed by atoms with van der Waals surface area (Å²) in [5, 5.41) is 9.44. The van der Waals surface area contributed by atoms with Crippen molar-refractivity contribution in [3.8, 4) is 6.07 Å². The number of anilines is 2. The molecule has 0 heterocycles. The molecule has 0 amide bonds. The van der Waals surface area contributed by atoms with Crippen LogP contribution in [0.3, 0.4) is 0 Å². The van der Waals surface area contributed by atoms with Gasteiger partial charge in [0.2, 0.25) is 0 Å². The number of hydrogen-bond acceptors (Lipinski definition) is 3. The van der Waals surface area contributed by atoms with Crippen molar-refractivity contribution in [2.24, 2.45) is 0 Å². The molecule has 2 N–H and O–H groups in total. The monoisotopic (exact) mass is 301 g/mol. The van der Waals surface area contributed by atoms with Gasteiger partial charge in [-0.2, -0.15) is 5.26 Å². The number of halogens is 2. The molecule has 1 saturated carbocycles. The summed E-state index contributed by atoms with van der Waals surface area (Å²) in [5.41, 5.74) is 8.62. The Hall–Kier alpha value is -1.11. The molecule has 1 aliphatic carbocycles. The molecule has 0 radical (unpaired) electrons. The summed E-state index contributed by atoms with van der Waals surface area (Å²) < 4.78 is 0. The van der Waals surface area contributed by atoms with Crippen LogP contribution in [0.4, 0.5) is 11.4 Å². The van der Waals surface area contributed by atoms with E-state index in [1.807, 2.05) is 31.1 Å². The van der Waals surface area contributed by atoms with Crippen molar-refractivity contribution < 1.29 is 0 Å². The molecule has 19 heavy (non-hydrogen) atoms. The SMILES string of the molecule is CN(C)c1ccc(C2(C#N)CCCC2)cc1N.Cl.Cl. The zero-order chi connectivity index (χ0) is 12.5. The highest BCUT2D eigenvalue weighted by atomic mass is 35.5. The Bertz CT molecular complexity index is 460. The van der Waals surface area contributed by atoms with Crippen molar-refractivity contribution in [2.75, 3.05) is 24.7 Å². The first-order valence-corrected chi connectivity index (χ1v) is 6.08. The lowest BCUT2D eigenvalue weighted by molar-refractivity contribution is 0.573. The van der Waals surface area contributed by atoms with Gasteiger partial charge in [-0.15, -0.1) is 24.8 Å². The summed E-state index contributed by atoms with van der Waals surface area (Å²) in [5.74, 6) is 0. The van der Waals surface area contributed by atoms with E-state index in [-0.39, 0.29) is 30.2 Å². The zero-order valence-electron chi connectivity index (χ0n) is 11.3. The minimum atomic E-state index is -0.293. The van der Waals surface area contributed by atoms with Gasteiger partial charge in [0.15, 0.2) is 0 Å². The van der Waals surface area contributed by atoms with Gasteiger partial charge in [0, 0.05) is 14.1 Å². The molecule has 1 fully saturated rings. The third kappa shape index (κ3) is 3.26. The normalized spacial score (nSPS) is 15.8. The Morgan fingerprint density at radius 1 is 1.21 bits per heavy atom. The molecule has 0 unspecified atom stereocenters. The molecule has 3 nitrogen and oxygen atoms in total. The summed E-state index contributed by atoms with van der Waals surface area (Å²) in [4.78, 5) is 1.99. The van der Waals surface area contributed by atoms with Crippen molar-refractivity contribution in [2.45, 2.75) is 31.1 Å². The van der Waals surface area contributed by atoms with Crippen LogP contribution in [0.1, 0.15) is 31.2 Å². The Labute approximate surface area is 127 Å². The summed E-state index contributed by atoms with van der Waals surface area (Å²) in [6.45, 7) is 0. The number of nitrogens with two attached hydrogens (primary N) is 1. The average molecular weight is 302 g/mol. The summed E-state index contributed by atoms with van der Waals surface area (Å²) in [6.07, 6.45) is 4.21. The predicted octanol–water partition coefficient (Wildman–Crippen LogP) is 3.51. The number of nitriles is 1. The first kappa shape index (κ1) is 17.9. The van der Waals surface area contributed by atoms with E-state index in [9.17, 15) is 5.26 Å². The average Bonchev–Trinajstić information content (AvgIpc) is 2.78. The molecule has 2 rings (SSSR count). The third-order valence-electron chi connectivity index (χ3n) is 3.73. The highest BCUT2D eigenvalue weighted by molar-refractivity contribution is 5.85. The Morgan fingerprint density at radius 3 is 2.21 bits per heavy atom. The molecule has 0 saturated heterocycles. The fraction of sp³-hybridized carbons (Fsp3) is 0.500. The first-order chi connectivity index (χ1) is 8.09. The van der Waals surface area contributed by atoms with Gasteiger partial charge in [0.05, 0.1) is 22.9 Å². The van der Waals surface area contributed by atoms with Gasteiger partial charge in [0.1, 0.15) is 0 Å². The molecular weight excluding hydrogens is 281 g/mol. The van der Waals surface area contributed by atoms with Crippen LogP contribution in [0.2, 0.25) is 0 Å². The van der Waals surface area contributed by atoms with E-state index in [1.54, 1.807) is 0 Å². The molecule has 0 spiro atoms. The molecule has 5 heteroatoms. The molecule has 0 aromatic heterocycles. The van der Waals surface area contributed by atoms with Crippen molar-refractivity contribution in [1.82, 2.24) is 0 Å². The smallest absolute Gasteiger partial charge is 0.0823 e. The fourth-order valence-corrected chi connectivity index (χ4v) is 2.70. The number of rotatable bonds is 2. The van der Waals surface area contributed by atoms with Crippen LogP contribution in [0.15, 0.2) is 18.2 Å². The topological polar surface area (TPSA) is 53.0 Å². The second-order valence-electron chi connectivity index (χ2n) is 5.07. The highest BCUT2D eigenvalue weighted by Gasteiger charge is 2.36. The maximum Gasteiger partial charge on any atom is 0.0823 e. The maximum absolute atomic E-state index is 9.44. The second kappa shape index (κ2) is 6.88. The number of hydrogen-bond donors (Lipinski definition) is 1. The lowest BCUT2D eigenvalue weighted by Crippen LogP contribution is -2.20. The summed E-state index contributed by atoms with van der Waals surface area (Å²) in [6, 6.07) is 8.55. The molecule has 1 aliphatic rings. The minimum absolute atomic E-state index is 0. The minimum Gasteiger partial charge on any atom is -0.397 e. The zero-order valence-corrected chi connectivity index (χ0v) is 13.0. The number of nitrogens with zero attached hydrogens (tertiary/aromatic N) is 2. The van der Waals surface area contributed by atoms with Crippen molar-refractivity contribution in [3.05, 3.63) is 23.8 Å². The summed E-state index contributed by atoms with van der Waals surface area (Å²) in [7, 11) is 3.95. The van der Waals surface area contributed by atoms with Gasteiger partial charge in [-0.3, -0.25) is 0 Å². The van der Waals surface area contributed by atoms with Gasteiger partial charge >= 0.3 is 0 Å². The van der Waals surface area contributed by atoms with E-state index in [0.717, 1.165) is 42.6 Å². The first-order valence-electron chi connectivity index (χ1n) is 6.08. The van der Waals surface area contributed by atoms with Gasteiger partial charge in [-0.25, -0.2) is 0 Å². The predicted molar refractivity (Wildman–Crippen MR) is 85.4 cm³/mol. The van der Waals surface area contributed by atoms with Crippen LogP contribution < -0.4 is 10.6 Å². The molecule has 0 aliphatic heterocycles. The molecule has 0 bridgehead atoms. The molecule has 1 aromatic rings. The largest absolute Gasteiger partial charge is 0.397 e. The molecular formula is C14H21Cl2N3. The Kier molecular flexibility index (Phi) is 6.48. The van der Waals surface area contributed by atoms with E-state index in [2.05, 4.69) is 12.1 Å². The van der Waals surface area contributed by atoms with E-state index in [4.69, 9.17) is 5.73 Å². The Morgan fingerprint density at radius 2 is 1.79 bits per heavy atom. The van der Waals surface area contributed by atoms with Crippen LogP contribution in [-0.2, 0) is 5.41 Å². The van der Waals surface area contributed by atoms with Crippen LogP contribution in [0.5, 0.6) is 0 Å². The van der Waals surface area contributed by atoms with Gasteiger partial charge < -0.3 is 10.6 Å². The number of benzene rings is 1. The lowest BCUT2D eigenvalue weighted by atomic mass is 9.80. The van der Waals surface area contributed by atoms with Crippen molar-refractivity contribution in [3.63, 3.8) is 0 Å². The molecule has 106 valence electrons. The van der Waals surface area contributed by atoms with Gasteiger partial charge in [-0.1, -0.05) is 18.9 Å². The highest BCUT2D eigenvalue weighted by Crippen LogP contribution is 2.42. The van der Waals surface area contributed by atoms with Crippen molar-refractivity contribution in [1.29, 1.82) is 5.26 Å². The molecule has 0 atom stereocenters. The summed E-state index contributed by atoms with van der Waals surface area (Å²) >= 11 is 0. The maximum atomic E-state index is 9.44. The second-order valence-corrected chi connectivity index (χ2v) is 5.07. The van der Waals surface area contributed by atoms with Crippen LogP contribution in [-0.4, -0.2) is 14.1 Å². The quantitative estimate of drug-likeness (QED) is 0.851. The van der Waals surface area contributed by atoms with Crippen LogP contribution in [0.25, 0.3) is 0 Å². The van der Waals surface area contributed by atoms with E-state index >= 15 is 0 Å². The van der Waals surface area contributed by atoms with E-state index in [1.165, 1.54) is 0 Å². The van der Waals surface area contributed by atoms with E-state index in [0.29, 0.717) is 0 Å². The van der Waals surface area contributed by atoms with Gasteiger partial charge in [0.25, 0.3) is 0 Å². The van der Waals surface area contributed by atoms with Crippen LogP contribution >= 0.6 is 24.8 Å². The third-order valence-corrected chi connectivity index (χ3v) is 3.73.